The van der Waals surface area contributed by atoms with Crippen molar-refractivity contribution >= 4 is 17.6 Å². The number of alkyl halides is 2. The molecule has 0 aliphatic heterocycles. The molecule has 130 valence electrons. The molecule has 2 aromatic carbocycles. The Labute approximate surface area is 146 Å². The van der Waals surface area contributed by atoms with Crippen LogP contribution >= 0.6 is 0 Å². The topological polar surface area (TPSA) is 26.3 Å². The Kier molecular flexibility index (Phi) is 6.23. The minimum Gasteiger partial charge on any atom is -0.461 e. The van der Waals surface area contributed by atoms with Crippen molar-refractivity contribution in [2.75, 3.05) is 6.61 Å². The van der Waals surface area contributed by atoms with Gasteiger partial charge in [-0.1, -0.05) is 72.8 Å². The van der Waals surface area contributed by atoms with Gasteiger partial charge in [0.2, 0.25) is 0 Å². The minimum absolute atomic E-state index is 0.0950. The number of esters is 1. The first-order chi connectivity index (χ1) is 12.0. The molecule has 0 heterocycles. The molecule has 0 aliphatic rings. The van der Waals surface area contributed by atoms with Crippen molar-refractivity contribution in [3.8, 4) is 0 Å². The summed E-state index contributed by atoms with van der Waals surface area (Å²) in [5.74, 6) is -5.23. The zero-order valence-electron chi connectivity index (χ0n) is 14.2. The van der Waals surface area contributed by atoms with Crippen LogP contribution in [-0.4, -0.2) is 18.5 Å². The lowest BCUT2D eigenvalue weighted by Crippen LogP contribution is -2.32. The lowest BCUT2D eigenvalue weighted by Gasteiger charge is -2.18. The highest BCUT2D eigenvalue weighted by atomic mass is 19.3. The first-order valence-electron chi connectivity index (χ1n) is 8.01. The molecule has 0 spiro atoms. The summed E-state index contributed by atoms with van der Waals surface area (Å²) >= 11 is 0. The van der Waals surface area contributed by atoms with Crippen LogP contribution < -0.4 is 0 Å². The number of allylic oxidation sites excluding steroid dienone is 2. The number of halogens is 2. The van der Waals surface area contributed by atoms with E-state index in [1.54, 1.807) is 42.5 Å². The molecule has 0 fully saturated rings. The summed E-state index contributed by atoms with van der Waals surface area (Å²) in [6.07, 6.45) is 3.35. The van der Waals surface area contributed by atoms with Crippen LogP contribution in [-0.2, 0) is 9.53 Å². The molecule has 0 amide bonds. The van der Waals surface area contributed by atoms with Gasteiger partial charge in [0.1, 0.15) is 0 Å². The molecule has 25 heavy (non-hydrogen) atoms. The fraction of sp³-hybridized carbons (Fsp3) is 0.190. The number of hydrogen-bond donors (Lipinski definition) is 0. The van der Waals surface area contributed by atoms with E-state index in [9.17, 15) is 13.6 Å². The lowest BCUT2D eigenvalue weighted by atomic mass is 9.95. The highest BCUT2D eigenvalue weighted by Crippen LogP contribution is 2.33. The van der Waals surface area contributed by atoms with E-state index in [4.69, 9.17) is 0 Å². The van der Waals surface area contributed by atoms with Crippen molar-refractivity contribution in [3.05, 3.63) is 83.4 Å². The zero-order valence-corrected chi connectivity index (χ0v) is 14.2. The van der Waals surface area contributed by atoms with Gasteiger partial charge in [-0.2, -0.15) is 8.78 Å². The summed E-state index contributed by atoms with van der Waals surface area (Å²) in [7, 11) is 0. The lowest BCUT2D eigenvalue weighted by molar-refractivity contribution is -0.165. The molecular weight excluding hydrogens is 322 g/mol. The molecule has 2 nitrogen and oxygen atoms in total. The van der Waals surface area contributed by atoms with Gasteiger partial charge in [0.15, 0.2) is 0 Å². The van der Waals surface area contributed by atoms with Crippen molar-refractivity contribution in [3.63, 3.8) is 0 Å². The van der Waals surface area contributed by atoms with E-state index in [0.717, 1.165) is 5.56 Å². The van der Waals surface area contributed by atoms with Crippen LogP contribution in [0.2, 0.25) is 0 Å². The molecule has 0 aliphatic carbocycles. The average Bonchev–Trinajstić information content (AvgIpc) is 2.63. The Balaban J connectivity index is 2.50. The predicted octanol–water partition coefficient (Wildman–Crippen LogP) is 5.37. The zero-order chi connectivity index (χ0) is 18.3. The number of carbonyl (C=O) groups excluding carboxylic acids is 1. The molecule has 0 atom stereocenters. The van der Waals surface area contributed by atoms with Crippen molar-refractivity contribution in [1.82, 2.24) is 0 Å². The second kappa shape index (κ2) is 8.38. The summed E-state index contributed by atoms with van der Waals surface area (Å²) in [5.41, 5.74) is 1.44. The van der Waals surface area contributed by atoms with Crippen molar-refractivity contribution in [2.24, 2.45) is 0 Å². The summed E-state index contributed by atoms with van der Waals surface area (Å²) in [5, 5.41) is 0. The van der Waals surface area contributed by atoms with Gasteiger partial charge >= 0.3 is 11.9 Å². The maximum absolute atomic E-state index is 14.5. The summed E-state index contributed by atoms with van der Waals surface area (Å²) in [6.45, 7) is 2.66. The van der Waals surface area contributed by atoms with Gasteiger partial charge in [0.05, 0.1) is 6.61 Å². The Bertz CT molecular complexity index is 763. The molecule has 0 saturated heterocycles. The predicted molar refractivity (Wildman–Crippen MR) is 96.1 cm³/mol. The third-order valence-corrected chi connectivity index (χ3v) is 3.73. The quantitative estimate of drug-likeness (QED) is 0.521. The third-order valence-electron chi connectivity index (χ3n) is 3.73. The van der Waals surface area contributed by atoms with Crippen LogP contribution in [0.3, 0.4) is 0 Å². The van der Waals surface area contributed by atoms with Gasteiger partial charge in [0, 0.05) is 5.57 Å². The van der Waals surface area contributed by atoms with E-state index < -0.39 is 11.9 Å². The maximum atomic E-state index is 14.5. The Hall–Kier alpha value is -2.75. The van der Waals surface area contributed by atoms with Gasteiger partial charge < -0.3 is 4.74 Å². The van der Waals surface area contributed by atoms with Crippen LogP contribution in [0.15, 0.2) is 72.3 Å². The fourth-order valence-electron chi connectivity index (χ4n) is 2.34. The van der Waals surface area contributed by atoms with E-state index in [1.807, 2.05) is 30.3 Å². The van der Waals surface area contributed by atoms with Crippen molar-refractivity contribution < 1.29 is 18.3 Å². The number of hydrogen-bond acceptors (Lipinski definition) is 2. The van der Waals surface area contributed by atoms with Gasteiger partial charge in [-0.15, -0.1) is 0 Å². The molecule has 2 rings (SSSR count). The highest BCUT2D eigenvalue weighted by Gasteiger charge is 2.43. The van der Waals surface area contributed by atoms with E-state index >= 15 is 0 Å². The smallest absolute Gasteiger partial charge is 0.381 e. The van der Waals surface area contributed by atoms with E-state index in [1.165, 1.54) is 13.8 Å². The van der Waals surface area contributed by atoms with E-state index in [-0.39, 0.29) is 12.2 Å². The molecular formula is C21H20F2O2. The Morgan fingerprint density at radius 2 is 1.60 bits per heavy atom. The van der Waals surface area contributed by atoms with Gasteiger partial charge in [-0.05, 0) is 30.5 Å². The molecule has 0 aromatic heterocycles. The summed E-state index contributed by atoms with van der Waals surface area (Å²) < 4.78 is 33.5. The van der Waals surface area contributed by atoms with Crippen molar-refractivity contribution in [2.45, 2.75) is 19.8 Å². The summed E-state index contributed by atoms with van der Waals surface area (Å²) in [6, 6.07) is 18.2. The van der Waals surface area contributed by atoms with Crippen LogP contribution in [0, 0.1) is 0 Å². The standard InChI is InChI=1S/C21H20F2O2/c1-3-25-20(24)21(22,23)16(2)19(18-12-8-5-9-13-18)15-14-17-10-6-4-7-11-17/h4-15H,3H2,1-2H3/b15-14+,19-16-. The first-order valence-corrected chi connectivity index (χ1v) is 8.01. The second-order valence-corrected chi connectivity index (χ2v) is 5.44. The number of ether oxygens (including phenoxy) is 1. The maximum Gasteiger partial charge on any atom is 0.381 e. The first kappa shape index (κ1) is 18.6. The molecule has 4 heteroatoms. The number of carbonyl (C=O) groups is 1. The SMILES string of the molecule is CCOC(=O)C(F)(F)/C(C)=C(/C=C/c1ccccc1)c1ccccc1. The van der Waals surface area contributed by atoms with Crippen LogP contribution in [0.4, 0.5) is 8.78 Å². The van der Waals surface area contributed by atoms with E-state index in [2.05, 4.69) is 4.74 Å². The van der Waals surface area contributed by atoms with Crippen LogP contribution in [0.5, 0.6) is 0 Å². The van der Waals surface area contributed by atoms with Crippen LogP contribution in [0.25, 0.3) is 11.6 Å². The van der Waals surface area contributed by atoms with Gasteiger partial charge in [0.25, 0.3) is 0 Å². The molecule has 0 unspecified atom stereocenters. The minimum atomic E-state index is -3.69. The van der Waals surface area contributed by atoms with Crippen molar-refractivity contribution in [1.29, 1.82) is 0 Å². The monoisotopic (exact) mass is 342 g/mol. The number of benzene rings is 2. The second-order valence-electron chi connectivity index (χ2n) is 5.44. The third kappa shape index (κ3) is 4.63. The van der Waals surface area contributed by atoms with Gasteiger partial charge in [-0.25, -0.2) is 4.79 Å². The number of rotatable bonds is 6. The summed E-state index contributed by atoms with van der Waals surface area (Å²) in [4.78, 5) is 11.7. The van der Waals surface area contributed by atoms with Crippen LogP contribution in [0.1, 0.15) is 25.0 Å². The average molecular weight is 342 g/mol. The Morgan fingerprint density at radius 1 is 1.04 bits per heavy atom. The molecule has 0 bridgehead atoms. The largest absolute Gasteiger partial charge is 0.461 e. The molecule has 0 radical (unpaired) electrons. The normalized spacial score (nSPS) is 12.8. The Morgan fingerprint density at radius 3 is 2.16 bits per heavy atom. The molecule has 2 aromatic rings. The molecule has 0 N–H and O–H groups in total. The van der Waals surface area contributed by atoms with E-state index in [0.29, 0.717) is 11.1 Å². The van der Waals surface area contributed by atoms with Gasteiger partial charge in [-0.3, -0.25) is 0 Å². The fourth-order valence-corrected chi connectivity index (χ4v) is 2.34. The molecule has 0 saturated carbocycles. The highest BCUT2D eigenvalue weighted by molar-refractivity contribution is 5.89.